The molecule has 0 bridgehead atoms. The maximum Gasteiger partial charge on any atom is 0.300 e. The van der Waals surface area contributed by atoms with Crippen LogP contribution in [0.3, 0.4) is 0 Å². The SMILES string of the molecule is CC(=O)O.Cc1cccn2c(=O)c(/C=C3\SC(=S)N(CCc4ccccc4)C3=O)c(N3CCN(C)CC3)nc12. The molecule has 2 aliphatic rings. The number of anilines is 1. The fraction of sp³-hybridized carbons (Fsp3) is 0.321. The zero-order valence-electron chi connectivity index (χ0n) is 22.2. The summed E-state index contributed by atoms with van der Waals surface area (Å²) in [5.74, 6) is -0.360. The van der Waals surface area contributed by atoms with Crippen LogP contribution in [-0.4, -0.2) is 80.3 Å². The number of likely N-dealkylation sites (N-methyl/N-ethyl adjacent to an activating group) is 1. The molecule has 39 heavy (non-hydrogen) atoms. The number of piperazine rings is 1. The third-order valence-corrected chi connectivity index (χ3v) is 7.86. The van der Waals surface area contributed by atoms with Crippen LogP contribution in [0.5, 0.6) is 0 Å². The zero-order chi connectivity index (χ0) is 28.1. The Morgan fingerprint density at radius 2 is 1.77 bits per heavy atom. The van der Waals surface area contributed by atoms with Crippen LogP contribution in [0.25, 0.3) is 11.7 Å². The number of benzene rings is 1. The van der Waals surface area contributed by atoms with E-state index in [2.05, 4.69) is 16.8 Å². The van der Waals surface area contributed by atoms with E-state index in [-0.39, 0.29) is 11.5 Å². The topological polar surface area (TPSA) is 98.5 Å². The lowest BCUT2D eigenvalue weighted by Crippen LogP contribution is -2.45. The molecule has 2 aromatic heterocycles. The number of carbonyl (C=O) groups excluding carboxylic acids is 1. The van der Waals surface area contributed by atoms with Crippen molar-refractivity contribution in [3.05, 3.63) is 80.6 Å². The predicted molar refractivity (Wildman–Crippen MR) is 159 cm³/mol. The normalized spacial score (nSPS) is 17.1. The lowest BCUT2D eigenvalue weighted by Gasteiger charge is -2.34. The molecule has 3 aromatic rings. The van der Waals surface area contributed by atoms with E-state index >= 15 is 0 Å². The fourth-order valence-corrected chi connectivity index (χ4v) is 5.69. The number of carboxylic acids is 1. The first-order chi connectivity index (χ1) is 18.7. The number of hydrogen-bond acceptors (Lipinski definition) is 8. The van der Waals surface area contributed by atoms with Crippen molar-refractivity contribution in [3.8, 4) is 0 Å². The van der Waals surface area contributed by atoms with E-state index in [4.69, 9.17) is 27.1 Å². The van der Waals surface area contributed by atoms with Crippen LogP contribution in [0.2, 0.25) is 0 Å². The number of aromatic nitrogens is 2. The summed E-state index contributed by atoms with van der Waals surface area (Å²) in [6, 6.07) is 13.8. The second-order valence-corrected chi connectivity index (χ2v) is 11.1. The summed E-state index contributed by atoms with van der Waals surface area (Å²) >= 11 is 6.79. The Morgan fingerprint density at radius 3 is 2.44 bits per heavy atom. The molecule has 9 nitrogen and oxygen atoms in total. The molecule has 0 saturated carbocycles. The van der Waals surface area contributed by atoms with Crippen LogP contribution >= 0.6 is 24.0 Å². The second-order valence-electron chi connectivity index (χ2n) is 9.42. The highest BCUT2D eigenvalue weighted by Gasteiger charge is 2.33. The number of pyridine rings is 1. The van der Waals surface area contributed by atoms with Crippen molar-refractivity contribution < 1.29 is 14.7 Å². The van der Waals surface area contributed by atoms with Gasteiger partial charge in [0.15, 0.2) is 0 Å². The third-order valence-electron chi connectivity index (χ3n) is 6.48. The van der Waals surface area contributed by atoms with Crippen LogP contribution in [0.15, 0.2) is 58.4 Å². The maximum atomic E-state index is 13.7. The fourth-order valence-electron chi connectivity index (χ4n) is 4.40. The molecule has 0 aliphatic carbocycles. The quantitative estimate of drug-likeness (QED) is 0.369. The minimum atomic E-state index is -0.833. The molecule has 1 amide bonds. The molecular weight excluding hydrogens is 534 g/mol. The molecule has 0 atom stereocenters. The van der Waals surface area contributed by atoms with E-state index in [0.717, 1.165) is 44.2 Å². The second kappa shape index (κ2) is 12.5. The summed E-state index contributed by atoms with van der Waals surface area (Å²) in [6.45, 7) is 6.85. The van der Waals surface area contributed by atoms with Crippen molar-refractivity contribution in [1.82, 2.24) is 19.2 Å². The van der Waals surface area contributed by atoms with Crippen LogP contribution < -0.4 is 10.5 Å². The Morgan fingerprint density at radius 1 is 1.10 bits per heavy atom. The number of thioether (sulfide) groups is 1. The molecule has 0 unspecified atom stereocenters. The Bertz CT molecular complexity index is 1480. The van der Waals surface area contributed by atoms with E-state index in [1.54, 1.807) is 21.6 Å². The Kier molecular flexibility index (Phi) is 9.16. The summed E-state index contributed by atoms with van der Waals surface area (Å²) in [5, 5.41) is 7.42. The lowest BCUT2D eigenvalue weighted by atomic mass is 10.1. The van der Waals surface area contributed by atoms with Crippen LogP contribution in [0, 0.1) is 6.92 Å². The first-order valence-corrected chi connectivity index (χ1v) is 13.8. The Labute approximate surface area is 236 Å². The first kappa shape index (κ1) is 28.5. The zero-order valence-corrected chi connectivity index (χ0v) is 23.8. The van der Waals surface area contributed by atoms with Gasteiger partial charge in [0.05, 0.1) is 10.5 Å². The number of carbonyl (C=O) groups is 2. The molecule has 0 spiro atoms. The molecule has 0 radical (unpaired) electrons. The van der Waals surface area contributed by atoms with E-state index in [0.29, 0.717) is 39.2 Å². The van der Waals surface area contributed by atoms with Crippen LogP contribution in [0.1, 0.15) is 23.6 Å². The van der Waals surface area contributed by atoms with Gasteiger partial charge in [-0.1, -0.05) is 60.4 Å². The monoisotopic (exact) mass is 565 g/mol. The number of aryl methyl sites for hydroxylation is 1. The van der Waals surface area contributed by atoms with Gasteiger partial charge < -0.3 is 14.9 Å². The number of fused-ring (bicyclic) bond motifs is 1. The molecular formula is C28H31N5O4S2. The number of aliphatic carboxylic acids is 1. The maximum absolute atomic E-state index is 13.7. The molecule has 204 valence electrons. The minimum absolute atomic E-state index is 0.158. The molecule has 5 rings (SSSR count). The molecule has 1 aromatic carbocycles. The number of amides is 1. The van der Waals surface area contributed by atoms with Gasteiger partial charge in [-0.15, -0.1) is 0 Å². The summed E-state index contributed by atoms with van der Waals surface area (Å²) in [5.41, 5.74) is 2.97. The van der Waals surface area contributed by atoms with Gasteiger partial charge in [0, 0.05) is 45.8 Å². The van der Waals surface area contributed by atoms with Crippen LogP contribution in [-0.2, 0) is 16.0 Å². The average molecular weight is 566 g/mol. The molecule has 2 fully saturated rings. The first-order valence-electron chi connectivity index (χ1n) is 12.6. The van der Waals surface area contributed by atoms with E-state index in [9.17, 15) is 9.59 Å². The van der Waals surface area contributed by atoms with Gasteiger partial charge in [0.1, 0.15) is 15.8 Å². The smallest absolute Gasteiger partial charge is 0.300 e. The van der Waals surface area contributed by atoms with Gasteiger partial charge in [0.2, 0.25) is 0 Å². The van der Waals surface area contributed by atoms with E-state index in [1.165, 1.54) is 11.8 Å². The summed E-state index contributed by atoms with van der Waals surface area (Å²) in [7, 11) is 2.09. The lowest BCUT2D eigenvalue weighted by molar-refractivity contribution is -0.134. The van der Waals surface area contributed by atoms with Crippen molar-refractivity contribution in [3.63, 3.8) is 0 Å². The molecule has 4 heterocycles. The van der Waals surface area contributed by atoms with Gasteiger partial charge >= 0.3 is 0 Å². The number of nitrogens with zero attached hydrogens (tertiary/aromatic N) is 5. The number of thiocarbonyl (C=S) groups is 1. The number of carboxylic acid groups (broad SMARTS) is 1. The average Bonchev–Trinajstić information content (AvgIpc) is 3.17. The minimum Gasteiger partial charge on any atom is -0.481 e. The molecule has 2 saturated heterocycles. The van der Waals surface area contributed by atoms with Gasteiger partial charge in [-0.05, 0) is 43.7 Å². The molecule has 2 aliphatic heterocycles. The third kappa shape index (κ3) is 6.73. The largest absolute Gasteiger partial charge is 0.481 e. The summed E-state index contributed by atoms with van der Waals surface area (Å²) in [6.07, 6.45) is 4.14. The van der Waals surface area contributed by atoms with Gasteiger partial charge in [-0.25, -0.2) is 4.98 Å². The van der Waals surface area contributed by atoms with E-state index in [1.807, 2.05) is 49.4 Å². The van der Waals surface area contributed by atoms with Gasteiger partial charge in [-0.3, -0.25) is 23.7 Å². The van der Waals surface area contributed by atoms with Crippen molar-refractivity contribution in [2.75, 3.05) is 44.7 Å². The highest BCUT2D eigenvalue weighted by molar-refractivity contribution is 8.26. The van der Waals surface area contributed by atoms with Crippen molar-refractivity contribution >= 4 is 57.7 Å². The number of rotatable bonds is 5. The van der Waals surface area contributed by atoms with Crippen molar-refractivity contribution in [1.29, 1.82) is 0 Å². The summed E-state index contributed by atoms with van der Waals surface area (Å²) in [4.78, 5) is 47.4. The van der Waals surface area contributed by atoms with Crippen molar-refractivity contribution in [2.45, 2.75) is 20.3 Å². The molecule has 11 heteroatoms. The Hall–Kier alpha value is -3.54. The van der Waals surface area contributed by atoms with E-state index < -0.39 is 5.97 Å². The summed E-state index contributed by atoms with van der Waals surface area (Å²) < 4.78 is 2.08. The van der Waals surface area contributed by atoms with Gasteiger partial charge in [-0.2, -0.15) is 0 Å². The highest BCUT2D eigenvalue weighted by Crippen LogP contribution is 2.34. The van der Waals surface area contributed by atoms with Gasteiger partial charge in [0.25, 0.3) is 17.4 Å². The highest BCUT2D eigenvalue weighted by atomic mass is 32.2. The predicted octanol–water partition coefficient (Wildman–Crippen LogP) is 3.29. The molecule has 1 N–H and O–H groups in total. The van der Waals surface area contributed by atoms with Crippen LogP contribution in [0.4, 0.5) is 5.82 Å². The Balaban J connectivity index is 0.000000826. The van der Waals surface area contributed by atoms with Crippen molar-refractivity contribution in [2.24, 2.45) is 0 Å². The standard InChI is InChI=1S/C26H27N5O2S2.C2H4O2/c1-18-7-6-11-30-22(18)27-23(29-15-13-28(2)14-16-29)20(24(30)32)17-21-25(33)31(26(34)35-21)12-10-19-8-4-3-5-9-19;1-2(3)4/h3-9,11,17H,10,12-16H2,1-2H3;1H3,(H,3,4)/b21-17-;. The number of hydrogen-bond donors (Lipinski definition) is 1.